The summed E-state index contributed by atoms with van der Waals surface area (Å²) in [5, 5.41) is 5.16. The molecule has 0 bridgehead atoms. The highest BCUT2D eigenvalue weighted by Gasteiger charge is 2.17. The van der Waals surface area contributed by atoms with E-state index in [0.29, 0.717) is 23.5 Å². The number of carbonyl (C=O) groups excluding carboxylic acids is 1. The SMILES string of the molecule is O=C(Cn1ccc2cc(Cl)ccc2c1=O)N1CCNCC1. The number of pyridine rings is 1. The van der Waals surface area contributed by atoms with Gasteiger partial charge in [-0.25, -0.2) is 0 Å². The quantitative estimate of drug-likeness (QED) is 0.903. The van der Waals surface area contributed by atoms with E-state index in [1.807, 2.05) is 6.07 Å². The van der Waals surface area contributed by atoms with Crippen LogP contribution in [0.3, 0.4) is 0 Å². The van der Waals surface area contributed by atoms with E-state index >= 15 is 0 Å². The second-order valence-electron chi connectivity index (χ2n) is 5.11. The summed E-state index contributed by atoms with van der Waals surface area (Å²) in [6.07, 6.45) is 1.65. The fraction of sp³-hybridized carbons (Fsp3) is 0.333. The maximum Gasteiger partial charge on any atom is 0.258 e. The minimum Gasteiger partial charge on any atom is -0.339 e. The first-order valence-corrected chi connectivity index (χ1v) is 7.30. The van der Waals surface area contributed by atoms with Crippen molar-refractivity contribution in [3.63, 3.8) is 0 Å². The Morgan fingerprint density at radius 3 is 2.76 bits per heavy atom. The number of hydrogen-bond donors (Lipinski definition) is 1. The monoisotopic (exact) mass is 305 g/mol. The topological polar surface area (TPSA) is 54.3 Å². The van der Waals surface area contributed by atoms with Crippen molar-refractivity contribution in [2.24, 2.45) is 0 Å². The van der Waals surface area contributed by atoms with Crippen LogP contribution in [-0.2, 0) is 11.3 Å². The molecule has 2 heterocycles. The van der Waals surface area contributed by atoms with Crippen LogP contribution in [-0.4, -0.2) is 41.6 Å². The van der Waals surface area contributed by atoms with E-state index in [2.05, 4.69) is 5.32 Å². The van der Waals surface area contributed by atoms with Gasteiger partial charge in [-0.2, -0.15) is 0 Å². The summed E-state index contributed by atoms with van der Waals surface area (Å²) in [7, 11) is 0. The summed E-state index contributed by atoms with van der Waals surface area (Å²) in [5.41, 5.74) is -0.160. The lowest BCUT2D eigenvalue weighted by Crippen LogP contribution is -2.48. The number of nitrogens with zero attached hydrogens (tertiary/aromatic N) is 2. The molecule has 21 heavy (non-hydrogen) atoms. The molecule has 0 spiro atoms. The van der Waals surface area contributed by atoms with Crippen molar-refractivity contribution >= 4 is 28.3 Å². The van der Waals surface area contributed by atoms with Gasteiger partial charge in [0.15, 0.2) is 0 Å². The molecule has 0 atom stereocenters. The predicted molar refractivity (Wildman–Crippen MR) is 82.7 cm³/mol. The van der Waals surface area contributed by atoms with Crippen molar-refractivity contribution in [1.82, 2.24) is 14.8 Å². The Bertz CT molecular complexity index is 735. The molecule has 6 heteroatoms. The van der Waals surface area contributed by atoms with E-state index in [9.17, 15) is 9.59 Å². The number of aromatic nitrogens is 1. The number of hydrogen-bond acceptors (Lipinski definition) is 3. The molecule has 1 aliphatic heterocycles. The molecule has 1 aromatic heterocycles. The van der Waals surface area contributed by atoms with Gasteiger partial charge in [0.05, 0.1) is 0 Å². The van der Waals surface area contributed by atoms with Crippen molar-refractivity contribution in [2.75, 3.05) is 26.2 Å². The second kappa shape index (κ2) is 5.87. The molecule has 1 aromatic carbocycles. The molecule has 1 amide bonds. The van der Waals surface area contributed by atoms with Crippen LogP contribution in [0.2, 0.25) is 5.02 Å². The summed E-state index contributed by atoms with van der Waals surface area (Å²) < 4.78 is 1.46. The van der Waals surface area contributed by atoms with E-state index in [0.717, 1.165) is 18.5 Å². The average Bonchev–Trinajstić information content (AvgIpc) is 2.51. The van der Waals surface area contributed by atoms with Gasteiger partial charge < -0.3 is 14.8 Å². The van der Waals surface area contributed by atoms with Crippen LogP contribution in [0.15, 0.2) is 35.3 Å². The average molecular weight is 306 g/mol. The van der Waals surface area contributed by atoms with Crippen LogP contribution < -0.4 is 10.9 Å². The lowest BCUT2D eigenvalue weighted by Gasteiger charge is -2.27. The summed E-state index contributed by atoms with van der Waals surface area (Å²) in [6, 6.07) is 6.95. The van der Waals surface area contributed by atoms with Crippen LogP contribution >= 0.6 is 11.6 Å². The zero-order valence-corrected chi connectivity index (χ0v) is 12.3. The fourth-order valence-corrected chi connectivity index (χ4v) is 2.72. The van der Waals surface area contributed by atoms with Crippen LogP contribution in [0.5, 0.6) is 0 Å². The van der Waals surface area contributed by atoms with Gasteiger partial charge in [-0.05, 0) is 29.7 Å². The third kappa shape index (κ3) is 2.94. The first kappa shape index (κ1) is 14.1. The normalized spacial score (nSPS) is 15.4. The molecule has 0 saturated carbocycles. The number of piperazine rings is 1. The van der Waals surface area contributed by atoms with Crippen molar-refractivity contribution in [3.8, 4) is 0 Å². The number of carbonyl (C=O) groups is 1. The van der Waals surface area contributed by atoms with E-state index in [1.165, 1.54) is 4.57 Å². The maximum atomic E-state index is 12.4. The first-order chi connectivity index (χ1) is 10.1. The van der Waals surface area contributed by atoms with Crippen LogP contribution in [0.4, 0.5) is 0 Å². The molecule has 1 fully saturated rings. The Morgan fingerprint density at radius 2 is 2.00 bits per heavy atom. The summed E-state index contributed by atoms with van der Waals surface area (Å²) in [6.45, 7) is 3.07. The molecular weight excluding hydrogens is 290 g/mol. The number of nitrogens with one attached hydrogen (secondary N) is 1. The number of benzene rings is 1. The van der Waals surface area contributed by atoms with Crippen LogP contribution in [0.1, 0.15) is 0 Å². The van der Waals surface area contributed by atoms with Crippen molar-refractivity contribution in [1.29, 1.82) is 0 Å². The molecule has 1 aliphatic rings. The largest absolute Gasteiger partial charge is 0.339 e. The number of rotatable bonds is 2. The van der Waals surface area contributed by atoms with Crippen LogP contribution in [0.25, 0.3) is 10.8 Å². The van der Waals surface area contributed by atoms with Gasteiger partial charge in [0.1, 0.15) is 6.54 Å². The highest BCUT2D eigenvalue weighted by Crippen LogP contribution is 2.16. The van der Waals surface area contributed by atoms with E-state index in [4.69, 9.17) is 11.6 Å². The smallest absolute Gasteiger partial charge is 0.258 e. The Morgan fingerprint density at radius 1 is 1.24 bits per heavy atom. The number of halogens is 1. The summed E-state index contributed by atoms with van der Waals surface area (Å²) in [4.78, 5) is 26.4. The van der Waals surface area contributed by atoms with E-state index < -0.39 is 0 Å². The minimum atomic E-state index is -0.160. The Kier molecular flexibility index (Phi) is 3.94. The summed E-state index contributed by atoms with van der Waals surface area (Å²) in [5.74, 6) is -0.0214. The second-order valence-corrected chi connectivity index (χ2v) is 5.55. The zero-order valence-electron chi connectivity index (χ0n) is 11.5. The van der Waals surface area contributed by atoms with Gasteiger partial charge in [0, 0.05) is 42.8 Å². The molecule has 0 aliphatic carbocycles. The minimum absolute atomic E-state index is 0.0214. The Hall–Kier alpha value is -1.85. The zero-order chi connectivity index (χ0) is 14.8. The number of amides is 1. The summed E-state index contributed by atoms with van der Waals surface area (Å²) >= 11 is 5.92. The van der Waals surface area contributed by atoms with Crippen LogP contribution in [0, 0.1) is 0 Å². The van der Waals surface area contributed by atoms with E-state index in [-0.39, 0.29) is 18.0 Å². The van der Waals surface area contributed by atoms with Gasteiger partial charge in [0.2, 0.25) is 5.91 Å². The van der Waals surface area contributed by atoms with Gasteiger partial charge in [-0.15, -0.1) is 0 Å². The lowest BCUT2D eigenvalue weighted by atomic mass is 10.2. The molecule has 110 valence electrons. The molecular formula is C15H16ClN3O2. The molecule has 3 rings (SSSR count). The van der Waals surface area contributed by atoms with Crippen molar-refractivity contribution in [2.45, 2.75) is 6.54 Å². The molecule has 0 unspecified atom stereocenters. The molecule has 5 nitrogen and oxygen atoms in total. The predicted octanol–water partition coefficient (Wildman–Crippen LogP) is 1.09. The Balaban J connectivity index is 1.87. The van der Waals surface area contributed by atoms with Crippen molar-refractivity contribution in [3.05, 3.63) is 45.8 Å². The highest BCUT2D eigenvalue weighted by molar-refractivity contribution is 6.31. The first-order valence-electron chi connectivity index (χ1n) is 6.92. The number of fused-ring (bicyclic) bond motifs is 1. The molecule has 0 radical (unpaired) electrons. The van der Waals surface area contributed by atoms with Gasteiger partial charge in [-0.1, -0.05) is 11.6 Å². The van der Waals surface area contributed by atoms with Crippen molar-refractivity contribution < 1.29 is 4.79 Å². The third-order valence-corrected chi connectivity index (χ3v) is 3.95. The highest BCUT2D eigenvalue weighted by atomic mass is 35.5. The van der Waals surface area contributed by atoms with Gasteiger partial charge >= 0.3 is 0 Å². The molecule has 2 aromatic rings. The molecule has 1 saturated heterocycles. The maximum absolute atomic E-state index is 12.4. The van der Waals surface area contributed by atoms with Gasteiger partial charge in [-0.3, -0.25) is 9.59 Å². The molecule has 1 N–H and O–H groups in total. The Labute approximate surface area is 127 Å². The standard InChI is InChI=1S/C15H16ClN3O2/c16-12-1-2-13-11(9-12)3-6-19(15(13)21)10-14(20)18-7-4-17-5-8-18/h1-3,6,9,17H,4-5,7-8,10H2. The fourth-order valence-electron chi connectivity index (χ4n) is 2.54. The third-order valence-electron chi connectivity index (χ3n) is 3.71. The van der Waals surface area contributed by atoms with Gasteiger partial charge in [0.25, 0.3) is 5.56 Å². The van der Waals surface area contributed by atoms with E-state index in [1.54, 1.807) is 29.3 Å². The lowest BCUT2D eigenvalue weighted by molar-refractivity contribution is -0.132.